The van der Waals surface area contributed by atoms with Gasteiger partial charge >= 0.3 is 0 Å². The fourth-order valence-corrected chi connectivity index (χ4v) is 7.96. The van der Waals surface area contributed by atoms with Gasteiger partial charge in [0.25, 0.3) is 0 Å². The maximum atomic E-state index is 6.56. The Morgan fingerprint density at radius 1 is 0.286 bits per heavy atom. The van der Waals surface area contributed by atoms with E-state index >= 15 is 0 Å². The maximum Gasteiger partial charge on any atom is 0.160 e. The van der Waals surface area contributed by atoms with Crippen LogP contribution in [0, 0.1) is 0 Å². The molecule has 0 bridgehead atoms. The number of hydrogen-bond donors (Lipinski definition) is 0. The number of fused-ring (bicyclic) bond motifs is 6. The first-order valence-electron chi connectivity index (χ1n) is 18.8. The monoisotopic (exact) mass is 716 g/mol. The molecule has 0 aliphatic heterocycles. The van der Waals surface area contributed by atoms with E-state index in [1.54, 1.807) is 0 Å². The molecule has 0 saturated carbocycles. The lowest BCUT2D eigenvalue weighted by Crippen LogP contribution is -1.95. The van der Waals surface area contributed by atoms with Gasteiger partial charge in [0.15, 0.2) is 5.82 Å². The summed E-state index contributed by atoms with van der Waals surface area (Å²) >= 11 is 0. The molecule has 0 N–H and O–H groups in total. The predicted octanol–water partition coefficient (Wildman–Crippen LogP) is 14.3. The average molecular weight is 717 g/mol. The lowest BCUT2D eigenvalue weighted by Gasteiger charge is -2.13. The fraction of sp³-hybridized carbons (Fsp3) is 0. The number of furan rings is 2. The van der Waals surface area contributed by atoms with Gasteiger partial charge in [0.1, 0.15) is 22.3 Å². The molecule has 0 aliphatic rings. The third-order valence-electron chi connectivity index (χ3n) is 10.7. The molecule has 11 rings (SSSR count). The Bertz CT molecular complexity index is 3040. The van der Waals surface area contributed by atoms with Crippen molar-refractivity contribution in [1.82, 2.24) is 9.97 Å². The topological polar surface area (TPSA) is 52.1 Å². The third kappa shape index (κ3) is 5.47. The summed E-state index contributed by atoms with van der Waals surface area (Å²) in [5.41, 5.74) is 14.7. The summed E-state index contributed by atoms with van der Waals surface area (Å²) < 4.78 is 13.1. The summed E-state index contributed by atoms with van der Waals surface area (Å²) in [6, 6.07) is 67.4. The van der Waals surface area contributed by atoms with Crippen LogP contribution < -0.4 is 0 Å². The minimum absolute atomic E-state index is 0.697. The molecule has 4 heteroatoms. The molecule has 0 radical (unpaired) electrons. The van der Waals surface area contributed by atoms with Gasteiger partial charge in [0.2, 0.25) is 0 Å². The standard InChI is InChI=1S/C52H32N2O2/c1-3-13-34(14-4-1)46-32-47(54-52(53-46)36-15-5-2-6-16-36)35-27-25-33(26-28-35)37-29-38(40-19-11-21-44-42-17-7-9-23-48(42)55-50(40)44)31-39(30-37)41-20-12-22-45-43-18-8-10-24-49(43)56-51(41)45/h1-32H. The summed E-state index contributed by atoms with van der Waals surface area (Å²) in [5, 5.41) is 4.42. The van der Waals surface area contributed by atoms with Crippen molar-refractivity contribution in [3.8, 4) is 67.3 Å². The molecule has 0 saturated heterocycles. The molecule has 0 atom stereocenters. The molecular weight excluding hydrogens is 685 g/mol. The minimum atomic E-state index is 0.697. The van der Waals surface area contributed by atoms with Gasteiger partial charge in [-0.3, -0.25) is 0 Å². The summed E-state index contributed by atoms with van der Waals surface area (Å²) in [6.07, 6.45) is 0. The molecule has 0 unspecified atom stereocenters. The van der Waals surface area contributed by atoms with Crippen molar-refractivity contribution in [2.75, 3.05) is 0 Å². The molecule has 56 heavy (non-hydrogen) atoms. The van der Waals surface area contributed by atoms with E-state index in [9.17, 15) is 0 Å². The second-order valence-electron chi connectivity index (χ2n) is 14.1. The SMILES string of the molecule is c1ccc(-c2cc(-c3ccc(-c4cc(-c5cccc6c5oc5ccccc56)cc(-c5cccc6c5oc5ccccc56)c4)cc3)nc(-c3ccccc3)n2)cc1. The van der Waals surface area contributed by atoms with Crippen LogP contribution in [0.2, 0.25) is 0 Å². The van der Waals surface area contributed by atoms with Gasteiger partial charge in [-0.25, -0.2) is 9.97 Å². The molecule has 0 fully saturated rings. The first-order valence-corrected chi connectivity index (χ1v) is 18.8. The second kappa shape index (κ2) is 13.1. The third-order valence-corrected chi connectivity index (χ3v) is 10.7. The van der Waals surface area contributed by atoms with E-state index in [1.165, 1.54) is 0 Å². The summed E-state index contributed by atoms with van der Waals surface area (Å²) in [4.78, 5) is 10.1. The molecule has 3 aromatic heterocycles. The minimum Gasteiger partial charge on any atom is -0.455 e. The van der Waals surface area contributed by atoms with E-state index in [4.69, 9.17) is 18.8 Å². The Morgan fingerprint density at radius 3 is 1.27 bits per heavy atom. The number of rotatable bonds is 6. The highest BCUT2D eigenvalue weighted by Gasteiger charge is 2.18. The highest BCUT2D eigenvalue weighted by Crippen LogP contribution is 2.42. The van der Waals surface area contributed by atoms with Crippen molar-refractivity contribution in [2.45, 2.75) is 0 Å². The van der Waals surface area contributed by atoms with Crippen LogP contribution in [0.1, 0.15) is 0 Å². The molecule has 0 amide bonds. The van der Waals surface area contributed by atoms with Crippen molar-refractivity contribution in [2.24, 2.45) is 0 Å². The van der Waals surface area contributed by atoms with Gasteiger partial charge in [0.05, 0.1) is 11.4 Å². The lowest BCUT2D eigenvalue weighted by molar-refractivity contribution is 0.670. The van der Waals surface area contributed by atoms with E-state index in [1.807, 2.05) is 60.7 Å². The Kier molecular flexibility index (Phi) is 7.46. The van der Waals surface area contributed by atoms with Crippen LogP contribution in [0.4, 0.5) is 0 Å². The van der Waals surface area contributed by atoms with Gasteiger partial charge in [-0.1, -0.05) is 158 Å². The lowest BCUT2D eigenvalue weighted by atomic mass is 9.91. The van der Waals surface area contributed by atoms with E-state index in [2.05, 4.69) is 133 Å². The van der Waals surface area contributed by atoms with Crippen LogP contribution in [0.15, 0.2) is 203 Å². The van der Waals surface area contributed by atoms with Crippen molar-refractivity contribution in [3.63, 3.8) is 0 Å². The normalized spacial score (nSPS) is 11.6. The van der Waals surface area contributed by atoms with Crippen LogP contribution in [0.25, 0.3) is 111 Å². The van der Waals surface area contributed by atoms with Gasteiger partial charge in [-0.05, 0) is 58.7 Å². The molecule has 0 aliphatic carbocycles. The highest BCUT2D eigenvalue weighted by molar-refractivity contribution is 6.11. The Balaban J connectivity index is 1.08. The maximum absolute atomic E-state index is 6.56. The fourth-order valence-electron chi connectivity index (χ4n) is 7.96. The Hall–Kier alpha value is -7.56. The first-order chi connectivity index (χ1) is 27.7. The van der Waals surface area contributed by atoms with Crippen LogP contribution >= 0.6 is 0 Å². The average Bonchev–Trinajstić information content (AvgIpc) is 3.86. The molecular formula is C52H32N2O2. The zero-order valence-corrected chi connectivity index (χ0v) is 30.2. The van der Waals surface area contributed by atoms with Crippen LogP contribution in [-0.2, 0) is 0 Å². The van der Waals surface area contributed by atoms with Crippen molar-refractivity contribution in [1.29, 1.82) is 0 Å². The number of para-hydroxylation sites is 4. The Labute approximate surface area is 323 Å². The summed E-state index contributed by atoms with van der Waals surface area (Å²) in [6.45, 7) is 0. The van der Waals surface area contributed by atoms with E-state index in [-0.39, 0.29) is 0 Å². The molecule has 3 heterocycles. The summed E-state index contributed by atoms with van der Waals surface area (Å²) in [7, 11) is 0. The number of nitrogens with zero attached hydrogens (tertiary/aromatic N) is 2. The van der Waals surface area contributed by atoms with Gasteiger partial charge in [0, 0.05) is 49.4 Å². The van der Waals surface area contributed by atoms with Crippen LogP contribution in [0.3, 0.4) is 0 Å². The van der Waals surface area contributed by atoms with E-state index in [0.29, 0.717) is 5.82 Å². The highest BCUT2D eigenvalue weighted by atomic mass is 16.3. The molecule has 262 valence electrons. The van der Waals surface area contributed by atoms with Gasteiger partial charge in [-0.2, -0.15) is 0 Å². The zero-order valence-electron chi connectivity index (χ0n) is 30.2. The molecule has 11 aromatic rings. The number of aromatic nitrogens is 2. The predicted molar refractivity (Wildman–Crippen MR) is 229 cm³/mol. The molecule has 4 nitrogen and oxygen atoms in total. The molecule has 8 aromatic carbocycles. The van der Waals surface area contributed by atoms with Crippen molar-refractivity contribution >= 4 is 43.9 Å². The van der Waals surface area contributed by atoms with Crippen LogP contribution in [0.5, 0.6) is 0 Å². The largest absolute Gasteiger partial charge is 0.455 e. The van der Waals surface area contributed by atoms with E-state index < -0.39 is 0 Å². The Morgan fingerprint density at radius 2 is 0.714 bits per heavy atom. The van der Waals surface area contributed by atoms with Crippen molar-refractivity contribution < 1.29 is 8.83 Å². The van der Waals surface area contributed by atoms with Crippen LogP contribution in [-0.4, -0.2) is 9.97 Å². The second-order valence-corrected chi connectivity index (χ2v) is 14.1. The smallest absolute Gasteiger partial charge is 0.160 e. The van der Waals surface area contributed by atoms with E-state index in [0.717, 1.165) is 105 Å². The molecule has 0 spiro atoms. The van der Waals surface area contributed by atoms with Crippen molar-refractivity contribution in [3.05, 3.63) is 194 Å². The van der Waals surface area contributed by atoms with Gasteiger partial charge in [-0.15, -0.1) is 0 Å². The first kappa shape index (κ1) is 31.9. The summed E-state index contributed by atoms with van der Waals surface area (Å²) in [5.74, 6) is 0.697. The number of benzene rings is 8. The van der Waals surface area contributed by atoms with Gasteiger partial charge < -0.3 is 8.83 Å². The number of hydrogen-bond acceptors (Lipinski definition) is 4. The zero-order chi connectivity index (χ0) is 37.0. The quantitative estimate of drug-likeness (QED) is 0.172.